The van der Waals surface area contributed by atoms with Crippen LogP contribution in [0.25, 0.3) is 0 Å². The normalized spacial score (nSPS) is 23.3. The van der Waals surface area contributed by atoms with Crippen molar-refractivity contribution in [1.82, 2.24) is 19.8 Å². The van der Waals surface area contributed by atoms with E-state index in [1.165, 1.54) is 12.4 Å². The zero-order valence-electron chi connectivity index (χ0n) is 17.0. The molecule has 0 bridgehead atoms. The summed E-state index contributed by atoms with van der Waals surface area (Å²) in [5, 5.41) is 0. The van der Waals surface area contributed by atoms with Gasteiger partial charge in [0.2, 0.25) is 5.95 Å². The van der Waals surface area contributed by atoms with Crippen molar-refractivity contribution in [2.24, 2.45) is 5.41 Å². The molecule has 0 amide bonds. The van der Waals surface area contributed by atoms with Gasteiger partial charge in [0.15, 0.2) is 5.82 Å². The van der Waals surface area contributed by atoms with Crippen molar-refractivity contribution in [1.29, 1.82) is 0 Å². The van der Waals surface area contributed by atoms with Crippen LogP contribution in [-0.4, -0.2) is 83.7 Å². The number of halogens is 1. The summed E-state index contributed by atoms with van der Waals surface area (Å²) in [6, 6.07) is 0. The third kappa shape index (κ3) is 4.48. The number of piperazine rings is 1. The van der Waals surface area contributed by atoms with Crippen LogP contribution < -0.4 is 4.90 Å². The molecule has 8 heteroatoms. The highest BCUT2D eigenvalue weighted by molar-refractivity contribution is 6.12. The summed E-state index contributed by atoms with van der Waals surface area (Å²) in [5.74, 6) is 0.575. The van der Waals surface area contributed by atoms with Gasteiger partial charge in [-0.2, -0.15) is 0 Å². The van der Waals surface area contributed by atoms with Gasteiger partial charge in [0, 0.05) is 39.0 Å². The highest BCUT2D eigenvalue weighted by Crippen LogP contribution is 2.40. The Hall–Kier alpha value is -1.93. The summed E-state index contributed by atoms with van der Waals surface area (Å²) < 4.78 is 12.9. The van der Waals surface area contributed by atoms with Gasteiger partial charge in [-0.25, -0.2) is 14.4 Å². The summed E-state index contributed by atoms with van der Waals surface area (Å²) in [6.45, 7) is 7.52. The molecule has 0 unspecified atom stereocenters. The minimum Gasteiger partial charge on any atom is -0.338 e. The zero-order valence-corrected chi connectivity index (χ0v) is 17.0. The second kappa shape index (κ2) is 8.83. The van der Waals surface area contributed by atoms with Crippen LogP contribution >= 0.6 is 0 Å². The number of Topliss-reactive ketones (excluding diaryl/α,β-unsaturated/α-hetero) is 2. The Morgan fingerprint density at radius 3 is 1.90 bits per heavy atom. The summed E-state index contributed by atoms with van der Waals surface area (Å²) in [4.78, 5) is 39.4. The molecule has 2 aliphatic heterocycles. The Morgan fingerprint density at radius 1 is 0.828 bits per heavy atom. The predicted octanol–water partition coefficient (Wildman–Crippen LogP) is 1.53. The SMILES string of the molecule is O=C1CCC(=O)C12CCN(CCCCN1CCN(c3ncc(F)cn3)CC1)CC2. The van der Waals surface area contributed by atoms with Crippen molar-refractivity contribution in [3.8, 4) is 0 Å². The molecule has 2 saturated heterocycles. The lowest BCUT2D eigenvalue weighted by Gasteiger charge is -2.37. The number of rotatable bonds is 6. The highest BCUT2D eigenvalue weighted by atomic mass is 19.1. The van der Waals surface area contributed by atoms with E-state index in [2.05, 4.69) is 24.7 Å². The molecule has 0 N–H and O–H groups in total. The smallest absolute Gasteiger partial charge is 0.225 e. The molecule has 3 heterocycles. The van der Waals surface area contributed by atoms with E-state index < -0.39 is 11.2 Å². The zero-order chi connectivity index (χ0) is 20.3. The van der Waals surface area contributed by atoms with Crippen molar-refractivity contribution in [3.05, 3.63) is 18.2 Å². The summed E-state index contributed by atoms with van der Waals surface area (Å²) >= 11 is 0. The molecule has 7 nitrogen and oxygen atoms in total. The van der Waals surface area contributed by atoms with Gasteiger partial charge >= 0.3 is 0 Å². The Balaban J connectivity index is 1.11. The van der Waals surface area contributed by atoms with E-state index in [4.69, 9.17) is 0 Å². The molecule has 0 radical (unpaired) electrons. The van der Waals surface area contributed by atoms with E-state index in [1.54, 1.807) is 0 Å². The maximum Gasteiger partial charge on any atom is 0.225 e. The van der Waals surface area contributed by atoms with Gasteiger partial charge in [0.05, 0.1) is 17.8 Å². The van der Waals surface area contributed by atoms with Crippen molar-refractivity contribution in [3.63, 3.8) is 0 Å². The molecule has 0 atom stereocenters. The number of hydrogen-bond acceptors (Lipinski definition) is 7. The van der Waals surface area contributed by atoms with Crippen LogP contribution in [0.15, 0.2) is 12.4 Å². The Morgan fingerprint density at radius 2 is 1.34 bits per heavy atom. The third-order valence-electron chi connectivity index (χ3n) is 6.82. The third-order valence-corrected chi connectivity index (χ3v) is 6.82. The van der Waals surface area contributed by atoms with E-state index in [-0.39, 0.29) is 11.6 Å². The summed E-state index contributed by atoms with van der Waals surface area (Å²) in [5.41, 5.74) is -0.621. The number of carbonyl (C=O) groups is 2. The van der Waals surface area contributed by atoms with Gasteiger partial charge < -0.3 is 9.80 Å². The molecule has 0 aromatic carbocycles. The van der Waals surface area contributed by atoms with Gasteiger partial charge in [-0.1, -0.05) is 0 Å². The Bertz CT molecular complexity index is 707. The molecule has 4 rings (SSSR count). The molecule has 29 heavy (non-hydrogen) atoms. The monoisotopic (exact) mass is 403 g/mol. The predicted molar refractivity (Wildman–Crippen MR) is 107 cm³/mol. The molecule has 1 aromatic rings. The second-order valence-corrected chi connectivity index (χ2v) is 8.51. The minimum absolute atomic E-state index is 0.187. The topological polar surface area (TPSA) is 69.6 Å². The van der Waals surface area contributed by atoms with Gasteiger partial charge in [-0.05, 0) is 51.9 Å². The average Bonchev–Trinajstić information content (AvgIpc) is 3.02. The van der Waals surface area contributed by atoms with Crippen LogP contribution in [-0.2, 0) is 9.59 Å². The van der Waals surface area contributed by atoms with Crippen molar-refractivity contribution >= 4 is 17.5 Å². The first kappa shape index (κ1) is 20.3. The molecule has 1 aromatic heterocycles. The van der Waals surface area contributed by atoms with Crippen LogP contribution in [0.5, 0.6) is 0 Å². The Kier molecular flexibility index (Phi) is 6.20. The number of nitrogens with zero attached hydrogens (tertiary/aromatic N) is 5. The van der Waals surface area contributed by atoms with Crippen molar-refractivity contribution in [2.75, 3.05) is 57.3 Å². The van der Waals surface area contributed by atoms with Crippen molar-refractivity contribution in [2.45, 2.75) is 38.5 Å². The maximum absolute atomic E-state index is 12.9. The molecule has 1 spiro atoms. The van der Waals surface area contributed by atoms with E-state index >= 15 is 0 Å². The molecule has 1 aliphatic carbocycles. The Labute approximate surface area is 171 Å². The fraction of sp³-hybridized carbons (Fsp3) is 0.714. The lowest BCUT2D eigenvalue weighted by Crippen LogP contribution is -2.47. The standard InChI is InChI=1S/C21H30FN5O2/c22-17-15-23-20(24-16-17)27-13-11-26(12-14-27)8-2-1-7-25-9-5-21(6-10-25)18(28)3-4-19(21)29/h15-16H,1-14H2. The maximum atomic E-state index is 12.9. The van der Waals surface area contributed by atoms with Gasteiger partial charge in [0.1, 0.15) is 11.6 Å². The lowest BCUT2D eigenvalue weighted by molar-refractivity contribution is -0.138. The molecule has 1 saturated carbocycles. The van der Waals surface area contributed by atoms with E-state index in [0.29, 0.717) is 18.8 Å². The fourth-order valence-corrected chi connectivity index (χ4v) is 4.89. The average molecular weight is 404 g/mol. The van der Waals surface area contributed by atoms with Gasteiger partial charge in [-0.15, -0.1) is 0 Å². The van der Waals surface area contributed by atoms with Crippen LogP contribution in [0.2, 0.25) is 0 Å². The number of aromatic nitrogens is 2. The van der Waals surface area contributed by atoms with Crippen LogP contribution in [0, 0.1) is 11.2 Å². The summed E-state index contributed by atoms with van der Waals surface area (Å²) in [6.07, 6.45) is 7.07. The number of ketones is 2. The number of piperidine rings is 1. The quantitative estimate of drug-likeness (QED) is 0.527. The fourth-order valence-electron chi connectivity index (χ4n) is 4.89. The first-order valence-electron chi connectivity index (χ1n) is 10.8. The van der Waals surface area contributed by atoms with Crippen LogP contribution in [0.3, 0.4) is 0 Å². The number of anilines is 1. The minimum atomic E-state index is -0.621. The van der Waals surface area contributed by atoms with Gasteiger partial charge in [0.25, 0.3) is 0 Å². The van der Waals surface area contributed by atoms with Crippen molar-refractivity contribution < 1.29 is 14.0 Å². The number of unbranched alkanes of at least 4 members (excludes halogenated alkanes) is 1. The molecule has 158 valence electrons. The second-order valence-electron chi connectivity index (χ2n) is 8.51. The molecule has 3 fully saturated rings. The number of hydrogen-bond donors (Lipinski definition) is 0. The van der Waals surface area contributed by atoms with Gasteiger partial charge in [-0.3, -0.25) is 14.5 Å². The van der Waals surface area contributed by atoms with E-state index in [9.17, 15) is 14.0 Å². The first-order chi connectivity index (χ1) is 14.1. The molecular formula is C21H30FN5O2. The lowest BCUT2D eigenvalue weighted by atomic mass is 9.75. The number of likely N-dealkylation sites (tertiary alicyclic amines) is 1. The van der Waals surface area contributed by atoms with E-state index in [0.717, 1.165) is 78.0 Å². The molecule has 3 aliphatic rings. The van der Waals surface area contributed by atoms with Crippen LogP contribution in [0.1, 0.15) is 38.5 Å². The number of carbonyl (C=O) groups excluding carboxylic acids is 2. The largest absolute Gasteiger partial charge is 0.338 e. The highest BCUT2D eigenvalue weighted by Gasteiger charge is 2.50. The van der Waals surface area contributed by atoms with Crippen LogP contribution in [0.4, 0.5) is 10.3 Å². The van der Waals surface area contributed by atoms with E-state index in [1.807, 2.05) is 0 Å². The molecular weight excluding hydrogens is 373 g/mol. The summed E-state index contributed by atoms with van der Waals surface area (Å²) in [7, 11) is 0. The first-order valence-corrected chi connectivity index (χ1v) is 10.8.